The monoisotopic (exact) mass is 258 g/mol. The molecule has 17 heavy (non-hydrogen) atoms. The van der Waals surface area contributed by atoms with Gasteiger partial charge in [-0.3, -0.25) is 4.79 Å². The van der Waals surface area contributed by atoms with E-state index in [9.17, 15) is 4.79 Å². The van der Waals surface area contributed by atoms with Gasteiger partial charge in [0.25, 0.3) is 0 Å². The van der Waals surface area contributed by atoms with Crippen LogP contribution in [0.3, 0.4) is 0 Å². The molecule has 0 radical (unpaired) electrons. The number of likely N-dealkylation sites (tertiary alicyclic amines) is 1. The SMILES string of the molecule is CC1(C)CC1C(=O)N1CCC2CCC(C1)N2.Cl. The van der Waals surface area contributed by atoms with Crippen molar-refractivity contribution in [1.82, 2.24) is 10.2 Å². The van der Waals surface area contributed by atoms with E-state index in [0.29, 0.717) is 23.9 Å². The lowest BCUT2D eigenvalue weighted by Crippen LogP contribution is -2.40. The Labute approximate surface area is 110 Å². The fourth-order valence-electron chi connectivity index (χ4n) is 3.25. The Morgan fingerprint density at radius 1 is 1.24 bits per heavy atom. The molecule has 3 nitrogen and oxygen atoms in total. The second kappa shape index (κ2) is 4.43. The van der Waals surface area contributed by atoms with Crippen LogP contribution in [0, 0.1) is 11.3 Å². The Kier molecular flexibility index (Phi) is 3.43. The van der Waals surface area contributed by atoms with E-state index in [0.717, 1.165) is 25.9 Å². The number of fused-ring (bicyclic) bond motifs is 2. The van der Waals surface area contributed by atoms with Gasteiger partial charge in [0.15, 0.2) is 0 Å². The highest BCUT2D eigenvalue weighted by molar-refractivity contribution is 5.85. The van der Waals surface area contributed by atoms with Gasteiger partial charge in [-0.15, -0.1) is 12.4 Å². The van der Waals surface area contributed by atoms with Crippen LogP contribution in [0.15, 0.2) is 0 Å². The van der Waals surface area contributed by atoms with Gasteiger partial charge in [0.05, 0.1) is 0 Å². The molecule has 1 saturated carbocycles. The summed E-state index contributed by atoms with van der Waals surface area (Å²) in [5.41, 5.74) is 0.274. The van der Waals surface area contributed by atoms with Gasteiger partial charge in [0.1, 0.15) is 0 Å². The van der Waals surface area contributed by atoms with E-state index >= 15 is 0 Å². The second-order valence-electron chi connectivity index (χ2n) is 6.46. The Morgan fingerprint density at radius 3 is 2.53 bits per heavy atom. The van der Waals surface area contributed by atoms with Gasteiger partial charge in [-0.25, -0.2) is 0 Å². The van der Waals surface area contributed by atoms with Crippen LogP contribution < -0.4 is 5.32 Å². The lowest BCUT2D eigenvalue weighted by atomic mass is 10.1. The molecule has 1 amide bonds. The Hall–Kier alpha value is -0.280. The summed E-state index contributed by atoms with van der Waals surface area (Å²) >= 11 is 0. The van der Waals surface area contributed by atoms with Gasteiger partial charge in [0.2, 0.25) is 5.91 Å². The maximum absolute atomic E-state index is 12.3. The van der Waals surface area contributed by atoms with E-state index in [1.807, 2.05) is 0 Å². The molecule has 1 aliphatic carbocycles. The quantitative estimate of drug-likeness (QED) is 0.778. The summed E-state index contributed by atoms with van der Waals surface area (Å²) in [6, 6.07) is 1.24. The predicted molar refractivity (Wildman–Crippen MR) is 70.3 cm³/mol. The van der Waals surface area contributed by atoms with Crippen molar-refractivity contribution >= 4 is 18.3 Å². The van der Waals surface area contributed by atoms with Crippen LogP contribution in [0.4, 0.5) is 0 Å². The van der Waals surface area contributed by atoms with Crippen molar-refractivity contribution in [2.45, 2.75) is 51.6 Å². The van der Waals surface area contributed by atoms with Gasteiger partial charge >= 0.3 is 0 Å². The number of halogens is 1. The summed E-state index contributed by atoms with van der Waals surface area (Å²) in [5, 5.41) is 3.62. The average molecular weight is 259 g/mol. The molecule has 98 valence electrons. The van der Waals surface area contributed by atoms with Crippen LogP contribution >= 0.6 is 12.4 Å². The topological polar surface area (TPSA) is 32.3 Å². The molecule has 1 N–H and O–H groups in total. The minimum absolute atomic E-state index is 0. The lowest BCUT2D eigenvalue weighted by Gasteiger charge is -2.25. The Balaban J connectivity index is 0.00000108. The van der Waals surface area contributed by atoms with Crippen LogP contribution in [0.5, 0.6) is 0 Å². The van der Waals surface area contributed by atoms with Gasteiger partial charge in [-0.05, 0) is 31.1 Å². The molecular formula is C13H23ClN2O. The summed E-state index contributed by atoms with van der Waals surface area (Å²) in [6.07, 6.45) is 4.80. The summed E-state index contributed by atoms with van der Waals surface area (Å²) in [6.45, 7) is 6.33. The van der Waals surface area contributed by atoms with Crippen molar-refractivity contribution in [1.29, 1.82) is 0 Å². The maximum atomic E-state index is 12.3. The first kappa shape index (κ1) is 13.2. The molecule has 0 aromatic heterocycles. The molecule has 2 aliphatic heterocycles. The minimum Gasteiger partial charge on any atom is -0.341 e. The highest BCUT2D eigenvalue weighted by Crippen LogP contribution is 2.52. The first-order valence-corrected chi connectivity index (χ1v) is 6.61. The van der Waals surface area contributed by atoms with E-state index in [4.69, 9.17) is 0 Å². The number of carbonyl (C=O) groups is 1. The number of nitrogens with one attached hydrogen (secondary N) is 1. The molecule has 3 rings (SSSR count). The van der Waals surface area contributed by atoms with Crippen LogP contribution in [0.25, 0.3) is 0 Å². The van der Waals surface area contributed by atoms with E-state index in [-0.39, 0.29) is 17.8 Å². The van der Waals surface area contributed by atoms with E-state index in [1.165, 1.54) is 12.8 Å². The molecule has 4 heteroatoms. The van der Waals surface area contributed by atoms with Gasteiger partial charge < -0.3 is 10.2 Å². The van der Waals surface area contributed by atoms with E-state index in [1.54, 1.807) is 0 Å². The predicted octanol–water partition coefficient (Wildman–Crippen LogP) is 1.81. The summed E-state index contributed by atoms with van der Waals surface area (Å²) < 4.78 is 0. The minimum atomic E-state index is 0. The molecule has 3 fully saturated rings. The molecule has 2 saturated heterocycles. The zero-order valence-corrected chi connectivity index (χ0v) is 11.6. The van der Waals surface area contributed by atoms with Crippen LogP contribution in [-0.4, -0.2) is 36.0 Å². The Bertz CT molecular complexity index is 319. The average Bonchev–Trinajstić information content (AvgIpc) is 2.69. The zero-order valence-electron chi connectivity index (χ0n) is 10.7. The fraction of sp³-hybridized carbons (Fsp3) is 0.923. The largest absolute Gasteiger partial charge is 0.341 e. The molecule has 0 aromatic rings. The third-order valence-electron chi connectivity index (χ3n) is 4.65. The van der Waals surface area contributed by atoms with Gasteiger partial charge in [-0.1, -0.05) is 13.8 Å². The maximum Gasteiger partial charge on any atom is 0.226 e. The van der Waals surface area contributed by atoms with Crippen LogP contribution in [-0.2, 0) is 4.79 Å². The number of carbonyl (C=O) groups excluding carboxylic acids is 1. The summed E-state index contributed by atoms with van der Waals surface area (Å²) in [4.78, 5) is 14.4. The van der Waals surface area contributed by atoms with Crippen molar-refractivity contribution in [2.24, 2.45) is 11.3 Å². The molecule has 3 aliphatic rings. The third-order valence-corrected chi connectivity index (χ3v) is 4.65. The van der Waals surface area contributed by atoms with E-state index in [2.05, 4.69) is 24.1 Å². The first-order chi connectivity index (χ1) is 7.56. The molecule has 2 heterocycles. The Morgan fingerprint density at radius 2 is 1.88 bits per heavy atom. The smallest absolute Gasteiger partial charge is 0.226 e. The summed E-state index contributed by atoms with van der Waals surface area (Å²) in [7, 11) is 0. The first-order valence-electron chi connectivity index (χ1n) is 6.61. The molecule has 3 atom stereocenters. The number of hydrogen-bond donors (Lipinski definition) is 1. The molecule has 0 aromatic carbocycles. The number of rotatable bonds is 1. The van der Waals surface area contributed by atoms with Crippen molar-refractivity contribution in [2.75, 3.05) is 13.1 Å². The normalized spacial score (nSPS) is 38.2. The zero-order chi connectivity index (χ0) is 11.3. The van der Waals surface area contributed by atoms with Crippen LogP contribution in [0.2, 0.25) is 0 Å². The van der Waals surface area contributed by atoms with Crippen molar-refractivity contribution in [3.63, 3.8) is 0 Å². The third kappa shape index (κ3) is 2.45. The van der Waals surface area contributed by atoms with Gasteiger partial charge in [-0.2, -0.15) is 0 Å². The molecule has 0 spiro atoms. The molecule has 2 bridgehead atoms. The molecular weight excluding hydrogens is 236 g/mol. The van der Waals surface area contributed by atoms with Gasteiger partial charge in [0, 0.05) is 31.1 Å². The lowest BCUT2D eigenvalue weighted by molar-refractivity contribution is -0.133. The second-order valence-corrected chi connectivity index (χ2v) is 6.46. The van der Waals surface area contributed by atoms with Crippen molar-refractivity contribution in [3.8, 4) is 0 Å². The van der Waals surface area contributed by atoms with Crippen molar-refractivity contribution in [3.05, 3.63) is 0 Å². The van der Waals surface area contributed by atoms with Crippen molar-refractivity contribution < 1.29 is 4.79 Å². The molecule has 3 unspecified atom stereocenters. The highest BCUT2D eigenvalue weighted by atomic mass is 35.5. The number of nitrogens with zero attached hydrogens (tertiary/aromatic N) is 1. The van der Waals surface area contributed by atoms with E-state index < -0.39 is 0 Å². The standard InChI is InChI=1S/C13H22N2O.ClH/c1-13(2)7-11(13)12(16)15-6-5-9-3-4-10(8-15)14-9;/h9-11,14H,3-8H2,1-2H3;1H. The van der Waals surface area contributed by atoms with Crippen LogP contribution in [0.1, 0.15) is 39.5 Å². The summed E-state index contributed by atoms with van der Waals surface area (Å²) in [5.74, 6) is 0.725. The fourth-order valence-corrected chi connectivity index (χ4v) is 3.25. The number of amides is 1. The highest BCUT2D eigenvalue weighted by Gasteiger charge is 2.52. The number of hydrogen-bond acceptors (Lipinski definition) is 2.